The number of benzene rings is 1. The number of nitrogens with zero attached hydrogens (tertiary/aromatic N) is 3. The second kappa shape index (κ2) is 5.93. The maximum absolute atomic E-state index is 12.9. The molecule has 2 aromatic heterocycles. The van der Waals surface area contributed by atoms with Crippen LogP contribution in [0.15, 0.2) is 51.9 Å². The first-order chi connectivity index (χ1) is 10.6. The Morgan fingerprint density at radius 3 is 2.73 bits per heavy atom. The van der Waals surface area contributed by atoms with Crippen molar-refractivity contribution in [1.82, 2.24) is 14.7 Å². The summed E-state index contributed by atoms with van der Waals surface area (Å²) in [6.45, 7) is 2.19. The summed E-state index contributed by atoms with van der Waals surface area (Å²) >= 11 is 0. The first-order valence-corrected chi connectivity index (χ1v) is 6.84. The van der Waals surface area contributed by atoms with Crippen LogP contribution in [0, 0.1) is 12.7 Å². The fraction of sp³-hybridized carbons (Fsp3) is 0.188. The van der Waals surface area contributed by atoms with Gasteiger partial charge in [0.05, 0.1) is 6.54 Å². The van der Waals surface area contributed by atoms with Gasteiger partial charge in [0.25, 0.3) is 0 Å². The summed E-state index contributed by atoms with van der Waals surface area (Å²) in [7, 11) is 0. The highest BCUT2D eigenvalue weighted by Crippen LogP contribution is 2.11. The molecule has 0 amide bonds. The van der Waals surface area contributed by atoms with E-state index in [1.165, 1.54) is 16.7 Å². The first kappa shape index (κ1) is 14.2. The van der Waals surface area contributed by atoms with Gasteiger partial charge < -0.3 is 0 Å². The second-order valence-corrected chi connectivity index (χ2v) is 5.00. The topological polar surface area (TPSA) is 60.9 Å². The van der Waals surface area contributed by atoms with Gasteiger partial charge in [0.1, 0.15) is 5.82 Å². The Bertz CT molecular complexity index is 837. The molecule has 0 N–H and O–H groups in total. The van der Waals surface area contributed by atoms with Crippen molar-refractivity contribution < 1.29 is 8.91 Å². The smallest absolute Gasteiger partial charge is 0.296 e. The van der Waals surface area contributed by atoms with E-state index in [1.807, 2.05) is 19.1 Å². The van der Waals surface area contributed by atoms with Crippen molar-refractivity contribution in [2.24, 2.45) is 0 Å². The van der Waals surface area contributed by atoms with Crippen molar-refractivity contribution in [3.05, 3.63) is 81.6 Å². The van der Waals surface area contributed by atoms with Crippen LogP contribution in [0.1, 0.15) is 22.6 Å². The molecular formula is C16H14FN3O2. The first-order valence-electron chi connectivity index (χ1n) is 6.84. The van der Waals surface area contributed by atoms with E-state index in [9.17, 15) is 9.18 Å². The van der Waals surface area contributed by atoms with Crippen LogP contribution in [0.3, 0.4) is 0 Å². The lowest BCUT2D eigenvalue weighted by Gasteiger charge is -2.06. The van der Waals surface area contributed by atoms with Crippen molar-refractivity contribution in [3.8, 4) is 0 Å². The van der Waals surface area contributed by atoms with Gasteiger partial charge in [-0.25, -0.2) is 9.18 Å². The number of aryl methyl sites for hydroxylation is 1. The highest BCUT2D eigenvalue weighted by molar-refractivity contribution is 5.23. The minimum absolute atomic E-state index is 0.289. The Balaban J connectivity index is 1.89. The highest BCUT2D eigenvalue weighted by Gasteiger charge is 2.13. The van der Waals surface area contributed by atoms with E-state index >= 15 is 0 Å². The number of hydrogen-bond donors (Lipinski definition) is 0. The van der Waals surface area contributed by atoms with E-state index in [0.717, 1.165) is 16.8 Å². The van der Waals surface area contributed by atoms with Crippen LogP contribution in [0.25, 0.3) is 0 Å². The van der Waals surface area contributed by atoms with Gasteiger partial charge >= 0.3 is 5.76 Å². The van der Waals surface area contributed by atoms with Crippen LogP contribution < -0.4 is 5.76 Å². The van der Waals surface area contributed by atoms with Gasteiger partial charge in [0.15, 0.2) is 5.82 Å². The largest absolute Gasteiger partial charge is 0.441 e. The van der Waals surface area contributed by atoms with Crippen LogP contribution in [0.4, 0.5) is 4.39 Å². The molecular weight excluding hydrogens is 285 g/mol. The van der Waals surface area contributed by atoms with Gasteiger partial charge in [-0.2, -0.15) is 0 Å². The predicted octanol–water partition coefficient (Wildman–Crippen LogP) is 2.32. The molecule has 2 heterocycles. The van der Waals surface area contributed by atoms with Crippen LogP contribution in [-0.4, -0.2) is 14.7 Å². The van der Waals surface area contributed by atoms with Crippen molar-refractivity contribution in [2.45, 2.75) is 19.9 Å². The second-order valence-electron chi connectivity index (χ2n) is 5.00. The lowest BCUT2D eigenvalue weighted by Crippen LogP contribution is -2.18. The molecule has 0 spiro atoms. The predicted molar refractivity (Wildman–Crippen MR) is 78.0 cm³/mol. The molecule has 0 atom stereocenters. The van der Waals surface area contributed by atoms with Gasteiger partial charge in [-0.1, -0.05) is 23.4 Å². The molecule has 0 saturated heterocycles. The van der Waals surface area contributed by atoms with E-state index in [-0.39, 0.29) is 12.4 Å². The summed E-state index contributed by atoms with van der Waals surface area (Å²) in [6.07, 6.45) is 2.17. The number of halogens is 1. The zero-order valence-electron chi connectivity index (χ0n) is 12.0. The minimum Gasteiger partial charge on any atom is -0.296 e. The summed E-state index contributed by atoms with van der Waals surface area (Å²) in [6, 6.07) is 9.76. The normalized spacial score (nSPS) is 10.8. The Labute approximate surface area is 126 Å². The average Bonchev–Trinajstić information content (AvgIpc) is 2.85. The molecule has 1 aromatic carbocycles. The molecule has 0 bridgehead atoms. The third-order valence-electron chi connectivity index (χ3n) is 3.48. The van der Waals surface area contributed by atoms with Crippen LogP contribution in [0.2, 0.25) is 0 Å². The molecule has 0 aliphatic rings. The molecule has 0 unspecified atom stereocenters. The Morgan fingerprint density at radius 1 is 1.23 bits per heavy atom. The fourth-order valence-electron chi connectivity index (χ4n) is 2.23. The number of pyridine rings is 1. The SMILES string of the molecule is Cc1ncccc1Cc1noc(=O)n1Cc1ccc(F)cc1. The quantitative estimate of drug-likeness (QED) is 0.742. The number of hydrogen-bond acceptors (Lipinski definition) is 4. The molecule has 0 radical (unpaired) electrons. The number of aromatic nitrogens is 3. The van der Waals surface area contributed by atoms with E-state index in [4.69, 9.17) is 4.52 Å². The Kier molecular flexibility index (Phi) is 3.82. The van der Waals surface area contributed by atoms with Crippen LogP contribution in [-0.2, 0) is 13.0 Å². The van der Waals surface area contributed by atoms with Gasteiger partial charge in [0.2, 0.25) is 0 Å². The number of rotatable bonds is 4. The van der Waals surface area contributed by atoms with Crippen LogP contribution in [0.5, 0.6) is 0 Å². The lowest BCUT2D eigenvalue weighted by molar-refractivity contribution is 0.375. The molecule has 0 aliphatic carbocycles. The fourth-order valence-corrected chi connectivity index (χ4v) is 2.23. The standard InChI is InChI=1S/C16H14FN3O2/c1-11-13(3-2-8-18-11)9-15-19-22-16(21)20(15)10-12-4-6-14(17)7-5-12/h2-8H,9-10H2,1H3. The molecule has 0 saturated carbocycles. The van der Waals surface area contributed by atoms with Crippen molar-refractivity contribution in [2.75, 3.05) is 0 Å². The Hall–Kier alpha value is -2.76. The molecule has 22 heavy (non-hydrogen) atoms. The van der Waals surface area contributed by atoms with Gasteiger partial charge in [0, 0.05) is 18.3 Å². The van der Waals surface area contributed by atoms with E-state index in [0.29, 0.717) is 12.2 Å². The lowest BCUT2D eigenvalue weighted by atomic mass is 10.1. The summed E-state index contributed by atoms with van der Waals surface area (Å²) in [5.74, 6) is -0.320. The summed E-state index contributed by atoms with van der Waals surface area (Å²) in [5, 5.41) is 3.84. The van der Waals surface area contributed by atoms with Crippen molar-refractivity contribution >= 4 is 0 Å². The van der Waals surface area contributed by atoms with Gasteiger partial charge in [-0.3, -0.25) is 14.1 Å². The van der Waals surface area contributed by atoms with Gasteiger partial charge in [-0.05, 0) is 36.2 Å². The Morgan fingerprint density at radius 2 is 2.00 bits per heavy atom. The van der Waals surface area contributed by atoms with Crippen molar-refractivity contribution in [3.63, 3.8) is 0 Å². The molecule has 3 rings (SSSR count). The third kappa shape index (κ3) is 2.95. The highest BCUT2D eigenvalue weighted by atomic mass is 19.1. The third-order valence-corrected chi connectivity index (χ3v) is 3.48. The molecule has 0 aliphatic heterocycles. The monoisotopic (exact) mass is 299 g/mol. The zero-order valence-corrected chi connectivity index (χ0v) is 12.0. The molecule has 112 valence electrons. The summed E-state index contributed by atoms with van der Waals surface area (Å²) in [4.78, 5) is 16.0. The maximum Gasteiger partial charge on any atom is 0.441 e. The zero-order chi connectivity index (χ0) is 15.5. The van der Waals surface area contributed by atoms with E-state index < -0.39 is 5.76 Å². The van der Waals surface area contributed by atoms with Crippen LogP contribution >= 0.6 is 0 Å². The molecule has 3 aromatic rings. The van der Waals surface area contributed by atoms with E-state index in [2.05, 4.69) is 10.1 Å². The minimum atomic E-state index is -0.527. The average molecular weight is 299 g/mol. The van der Waals surface area contributed by atoms with Crippen molar-refractivity contribution in [1.29, 1.82) is 0 Å². The molecule has 5 nitrogen and oxygen atoms in total. The summed E-state index contributed by atoms with van der Waals surface area (Å²) < 4.78 is 19.2. The maximum atomic E-state index is 12.9. The molecule has 6 heteroatoms. The molecule has 0 fully saturated rings. The van der Waals surface area contributed by atoms with E-state index in [1.54, 1.807) is 18.3 Å². The van der Waals surface area contributed by atoms with Gasteiger partial charge in [-0.15, -0.1) is 0 Å². The summed E-state index contributed by atoms with van der Waals surface area (Å²) in [5.41, 5.74) is 2.66.